The van der Waals surface area contributed by atoms with E-state index in [-0.39, 0.29) is 0 Å². The Morgan fingerprint density at radius 2 is 2.20 bits per heavy atom. The monoisotopic (exact) mass is 155 g/mol. The zero-order valence-corrected chi connectivity index (χ0v) is 5.26. The highest BCUT2D eigenvalue weighted by Crippen LogP contribution is 2.42. The molecule has 0 rings (SSSR count). The van der Waals surface area contributed by atoms with Gasteiger partial charge in [0.2, 0.25) is 7.00 Å². The molecule has 0 nitrogen and oxygen atoms in total. The second kappa shape index (κ2) is 3.11. The fraction of sp³-hybridized carbons (Fsp3) is 1.00. The summed E-state index contributed by atoms with van der Waals surface area (Å²) in [5.41, 5.74) is 0. The predicted octanol–water partition coefficient (Wildman–Crippen LogP) is 2.33. The lowest BCUT2D eigenvalue weighted by molar-refractivity contribution is 0.930. The van der Waals surface area contributed by atoms with Gasteiger partial charge in [0.1, 0.15) is 0 Å². The van der Waals surface area contributed by atoms with Gasteiger partial charge in [0.15, 0.2) is 0 Å². The summed E-state index contributed by atoms with van der Waals surface area (Å²) in [4.78, 5) is 0. The van der Waals surface area contributed by atoms with Gasteiger partial charge in [-0.25, -0.2) is 4.20 Å². The molecule has 1 radical (unpaired) electrons. The molecule has 0 heterocycles. The van der Waals surface area contributed by atoms with Crippen LogP contribution in [0, 0.1) is 0 Å². The van der Waals surface area contributed by atoms with Crippen molar-refractivity contribution in [3.8, 4) is 0 Å². The van der Waals surface area contributed by atoms with Crippen LogP contribution in [0.1, 0.15) is 0 Å². The van der Waals surface area contributed by atoms with Crippen molar-refractivity contribution in [1.29, 1.82) is 0 Å². The summed E-state index contributed by atoms with van der Waals surface area (Å²) in [6.45, 7) is 1.75. The van der Waals surface area contributed by atoms with E-state index in [1.807, 2.05) is 0 Å². The molecule has 0 bridgehead atoms. The van der Waals surface area contributed by atoms with E-state index in [2.05, 4.69) is 15.5 Å². The summed E-state index contributed by atoms with van der Waals surface area (Å²) >= 11 is 2.72. The van der Waals surface area contributed by atoms with Crippen LogP contribution < -0.4 is 0 Å². The summed E-state index contributed by atoms with van der Waals surface area (Å²) < 4.78 is 11.4. The zero-order valence-electron chi connectivity index (χ0n) is 2.78. The smallest absolute Gasteiger partial charge is 0.202 e. The van der Waals surface area contributed by atoms with Gasteiger partial charge in [0, 0.05) is 0 Å². The van der Waals surface area contributed by atoms with Gasteiger partial charge in [-0.2, -0.15) is 0 Å². The van der Waals surface area contributed by atoms with E-state index in [9.17, 15) is 4.20 Å². The fourth-order valence-electron chi connectivity index (χ4n) is 0. The molecular weight excluding hydrogens is 153 g/mol. The van der Waals surface area contributed by atoms with Gasteiger partial charge < -0.3 is 0 Å². The highest BCUT2D eigenvalue weighted by molar-refractivity contribution is 9.41. The molecule has 0 aliphatic carbocycles. The van der Waals surface area contributed by atoms with Crippen LogP contribution >= 0.6 is 22.3 Å². The van der Waals surface area contributed by atoms with E-state index >= 15 is 0 Å². The summed E-state index contributed by atoms with van der Waals surface area (Å²) in [5, 5.41) is 0. The summed E-state index contributed by atoms with van der Waals surface area (Å²) in [6, 6.07) is 0. The lowest BCUT2D eigenvalue weighted by Gasteiger charge is -1.80. The molecule has 0 spiro atoms. The SMILES string of the molecule is C[B]P(F)Br. The highest BCUT2D eigenvalue weighted by atomic mass is 79.9. The average Bonchev–Trinajstić information content (AvgIpc) is 1.38. The third kappa shape index (κ3) is 4.90. The normalized spacial score (nSPS) is 14.2. The molecule has 0 saturated heterocycles. The predicted molar refractivity (Wildman–Crippen MR) is 28.6 cm³/mol. The van der Waals surface area contributed by atoms with Gasteiger partial charge in [0.25, 0.3) is 0 Å². The third-order valence-electron chi connectivity index (χ3n) is 0.195. The second-order valence-corrected chi connectivity index (χ2v) is 3.58. The first-order valence-electron chi connectivity index (χ1n) is 1.17. The minimum Gasteiger partial charge on any atom is -0.226 e. The lowest BCUT2D eigenvalue weighted by atomic mass is 10.2. The molecule has 0 N–H and O–H groups in total. The minimum atomic E-state index is -1.41. The number of halogens is 2. The Hall–Kier alpha value is 0.905. The molecule has 1 unspecified atom stereocenters. The van der Waals surface area contributed by atoms with Crippen LogP contribution in [-0.4, -0.2) is 7.00 Å². The van der Waals surface area contributed by atoms with E-state index in [0.717, 1.165) is 0 Å². The third-order valence-corrected chi connectivity index (χ3v) is 1.81. The maximum absolute atomic E-state index is 11.4. The first-order valence-corrected chi connectivity index (χ1v) is 4.49. The van der Waals surface area contributed by atoms with Gasteiger partial charge >= 0.3 is 0 Å². The van der Waals surface area contributed by atoms with Crippen LogP contribution in [-0.2, 0) is 0 Å². The quantitative estimate of drug-likeness (QED) is 0.403. The van der Waals surface area contributed by atoms with Gasteiger partial charge in [-0.1, -0.05) is 6.82 Å². The maximum atomic E-state index is 11.4. The van der Waals surface area contributed by atoms with Crippen LogP contribution in [0.25, 0.3) is 0 Å². The van der Waals surface area contributed by atoms with Crippen LogP contribution in [0.2, 0.25) is 6.82 Å². The first-order chi connectivity index (χ1) is 2.27. The highest BCUT2D eigenvalue weighted by Gasteiger charge is 1.91. The molecule has 0 aliphatic rings. The van der Waals surface area contributed by atoms with E-state index < -0.39 is 6.81 Å². The average molecular weight is 156 g/mol. The minimum absolute atomic E-state index is 1.41. The number of hydrogen-bond acceptors (Lipinski definition) is 0. The van der Waals surface area contributed by atoms with Crippen LogP contribution in [0.15, 0.2) is 0 Å². The maximum Gasteiger partial charge on any atom is 0.202 e. The Kier molecular flexibility index (Phi) is 3.67. The van der Waals surface area contributed by atoms with E-state index in [1.165, 1.54) is 7.00 Å². The Balaban J connectivity index is 2.54. The molecule has 0 saturated carbocycles. The summed E-state index contributed by atoms with van der Waals surface area (Å²) in [7, 11) is 0. The van der Waals surface area contributed by atoms with Crippen LogP contribution in [0.3, 0.4) is 0 Å². The van der Waals surface area contributed by atoms with E-state index in [4.69, 9.17) is 0 Å². The summed E-state index contributed by atoms with van der Waals surface area (Å²) in [5.74, 6) is 0. The van der Waals surface area contributed by atoms with Crippen LogP contribution in [0.5, 0.6) is 0 Å². The molecule has 0 aliphatic heterocycles. The van der Waals surface area contributed by atoms with Crippen molar-refractivity contribution in [2.24, 2.45) is 0 Å². The van der Waals surface area contributed by atoms with Gasteiger partial charge in [-0.15, -0.1) is 0 Å². The number of rotatable bonds is 1. The Morgan fingerprint density at radius 3 is 2.20 bits per heavy atom. The Bertz CT molecular complexity index is 25.6. The molecule has 4 heteroatoms. The summed E-state index contributed by atoms with van der Waals surface area (Å²) in [6.07, 6.45) is 0. The Labute approximate surface area is 41.0 Å². The van der Waals surface area contributed by atoms with E-state index in [0.29, 0.717) is 0 Å². The van der Waals surface area contributed by atoms with Gasteiger partial charge in [0.05, 0.1) is 6.81 Å². The van der Waals surface area contributed by atoms with Crippen molar-refractivity contribution < 1.29 is 4.20 Å². The lowest BCUT2D eigenvalue weighted by Crippen LogP contribution is -1.59. The molecule has 0 aromatic heterocycles. The van der Waals surface area contributed by atoms with Crippen molar-refractivity contribution in [3.63, 3.8) is 0 Å². The molecule has 1 atom stereocenters. The molecule has 5 heavy (non-hydrogen) atoms. The van der Waals surface area contributed by atoms with Crippen molar-refractivity contribution in [3.05, 3.63) is 0 Å². The molecule has 29 valence electrons. The largest absolute Gasteiger partial charge is 0.226 e. The Morgan fingerprint density at radius 1 is 2.00 bits per heavy atom. The molecule has 0 aromatic rings. The zero-order chi connectivity index (χ0) is 4.28. The van der Waals surface area contributed by atoms with Gasteiger partial charge in [-0.3, -0.25) is 0 Å². The van der Waals surface area contributed by atoms with Crippen molar-refractivity contribution in [2.45, 2.75) is 6.82 Å². The topological polar surface area (TPSA) is 0 Å². The fourth-order valence-corrected chi connectivity index (χ4v) is 0. The van der Waals surface area contributed by atoms with Gasteiger partial charge in [-0.05, 0) is 15.5 Å². The van der Waals surface area contributed by atoms with E-state index in [1.54, 1.807) is 6.82 Å². The standard InChI is InChI=1S/CH3BBrFP/c1-2-5(3)4/h1H3. The molecule has 0 aromatic carbocycles. The molecule has 0 amide bonds. The number of hydrogen-bond donors (Lipinski definition) is 0. The second-order valence-electron chi connectivity index (χ2n) is 0.517. The van der Waals surface area contributed by atoms with Crippen molar-refractivity contribution >= 4 is 29.3 Å². The molecule has 0 fully saturated rings. The van der Waals surface area contributed by atoms with Crippen molar-refractivity contribution in [1.82, 2.24) is 0 Å². The molecular formula is CH3BBrFP. The van der Waals surface area contributed by atoms with Crippen molar-refractivity contribution in [2.75, 3.05) is 0 Å². The van der Waals surface area contributed by atoms with Crippen LogP contribution in [0.4, 0.5) is 4.20 Å². The first kappa shape index (κ1) is 5.90.